The van der Waals surface area contributed by atoms with Crippen LogP contribution in [0.3, 0.4) is 0 Å². The summed E-state index contributed by atoms with van der Waals surface area (Å²) in [7, 11) is -4.30. The van der Waals surface area contributed by atoms with Gasteiger partial charge in [-0.3, -0.25) is 13.8 Å². The Morgan fingerprint density at radius 3 is 1.27 bits per heavy atom. The first-order valence-corrected chi connectivity index (χ1v) is 28.6. The number of hydrogen-bond donors (Lipinski definition) is 2. The molecule has 9 heteroatoms. The summed E-state index contributed by atoms with van der Waals surface area (Å²) < 4.78 is 33.6. The molecule has 0 aromatic heterocycles. The molecule has 2 unspecified atom stereocenters. The van der Waals surface area contributed by atoms with Gasteiger partial charge in [0.25, 0.3) is 0 Å². The van der Waals surface area contributed by atoms with Crippen molar-refractivity contribution in [2.45, 2.75) is 238 Å². The quantitative estimate of drug-likeness (QED) is 0.0268. The van der Waals surface area contributed by atoms with Crippen molar-refractivity contribution >= 4 is 13.8 Å². The number of allylic oxidation sites excluding steroid dienone is 14. The van der Waals surface area contributed by atoms with E-state index < -0.39 is 13.9 Å². The second-order valence-corrected chi connectivity index (χ2v) is 19.2. The van der Waals surface area contributed by atoms with E-state index in [-0.39, 0.29) is 32.3 Å². The predicted octanol–water partition coefficient (Wildman–Crippen LogP) is 17.2. The number of hydrogen-bond acceptors (Lipinski definition) is 7. The Hall–Kier alpha value is -2.32. The van der Waals surface area contributed by atoms with E-state index in [9.17, 15) is 14.3 Å². The van der Waals surface area contributed by atoms with Crippen molar-refractivity contribution in [3.63, 3.8) is 0 Å². The average Bonchev–Trinajstić information content (AvgIpc) is 3.31. The normalized spacial score (nSPS) is 13.9. The molecule has 66 heavy (non-hydrogen) atoms. The minimum absolute atomic E-state index is 0.0931. The number of carbonyl (C=O) groups excluding carboxylic acids is 1. The van der Waals surface area contributed by atoms with Crippen LogP contribution in [0.5, 0.6) is 0 Å². The standard InChI is InChI=1S/C57H102NO7P/c1-3-5-7-9-11-13-15-17-19-21-23-25-26-27-28-29-31-33-35-37-39-41-43-45-47-49-52-62-54-56(55-64-66(60,61)63-53-51-58)65-57(59)50-48-46-44-42-40-38-36-34-32-30-24-22-20-18-16-14-12-10-8-6-4-2/h6,8,12,14-15,17-18,20-21,23-24,30,34,36,56H,3-5,7,9-11,13,16,19,22,25-29,31-33,35,37-55,58H2,1-2H3,(H,60,61)/b8-6-,14-12-,17-15-,20-18-,23-21-,30-24-,36-34-. The number of unbranched alkanes of at least 4 members (excludes halogenated alkanes) is 24. The zero-order valence-electron chi connectivity index (χ0n) is 42.7. The summed E-state index contributed by atoms with van der Waals surface area (Å²) in [6.07, 6.45) is 70.5. The van der Waals surface area contributed by atoms with Gasteiger partial charge < -0.3 is 20.1 Å². The maximum absolute atomic E-state index is 12.7. The molecule has 0 heterocycles. The topological polar surface area (TPSA) is 117 Å². The second-order valence-electron chi connectivity index (χ2n) is 17.7. The molecule has 8 nitrogen and oxygen atoms in total. The van der Waals surface area contributed by atoms with Gasteiger partial charge >= 0.3 is 13.8 Å². The summed E-state index contributed by atoms with van der Waals surface area (Å²) in [5.41, 5.74) is 5.39. The Labute approximate surface area is 407 Å². The summed E-state index contributed by atoms with van der Waals surface area (Å²) in [5, 5.41) is 0. The van der Waals surface area contributed by atoms with E-state index in [0.29, 0.717) is 13.0 Å². The molecule has 0 rings (SSSR count). The van der Waals surface area contributed by atoms with Gasteiger partial charge in [-0.1, -0.05) is 221 Å². The van der Waals surface area contributed by atoms with Gasteiger partial charge in [0.15, 0.2) is 0 Å². The van der Waals surface area contributed by atoms with Crippen LogP contribution in [0, 0.1) is 0 Å². The molecule has 0 radical (unpaired) electrons. The van der Waals surface area contributed by atoms with Crippen molar-refractivity contribution in [2.24, 2.45) is 5.73 Å². The fourth-order valence-electron chi connectivity index (χ4n) is 7.35. The Bertz CT molecular complexity index is 1290. The lowest BCUT2D eigenvalue weighted by Gasteiger charge is -2.20. The maximum atomic E-state index is 12.7. The van der Waals surface area contributed by atoms with E-state index in [1.54, 1.807) is 0 Å². The lowest BCUT2D eigenvalue weighted by Crippen LogP contribution is -2.28. The third-order valence-corrected chi connectivity index (χ3v) is 12.3. The fourth-order valence-corrected chi connectivity index (χ4v) is 8.11. The third kappa shape index (κ3) is 52.6. The number of nitrogens with two attached hydrogens (primary N) is 1. The van der Waals surface area contributed by atoms with Crippen molar-refractivity contribution in [2.75, 3.05) is 33.0 Å². The maximum Gasteiger partial charge on any atom is 0.472 e. The van der Waals surface area contributed by atoms with Crippen LogP contribution in [0.1, 0.15) is 232 Å². The first-order valence-electron chi connectivity index (χ1n) is 27.1. The number of phosphoric acid groups is 1. The molecule has 0 bridgehead atoms. The van der Waals surface area contributed by atoms with Crippen LogP contribution >= 0.6 is 7.82 Å². The van der Waals surface area contributed by atoms with Gasteiger partial charge in [0.05, 0.1) is 19.8 Å². The van der Waals surface area contributed by atoms with Crippen LogP contribution < -0.4 is 5.73 Å². The van der Waals surface area contributed by atoms with E-state index in [1.807, 2.05) is 0 Å². The largest absolute Gasteiger partial charge is 0.472 e. The van der Waals surface area contributed by atoms with Crippen LogP contribution in [0.25, 0.3) is 0 Å². The molecule has 0 aliphatic carbocycles. The van der Waals surface area contributed by atoms with Crippen molar-refractivity contribution in [1.82, 2.24) is 0 Å². The lowest BCUT2D eigenvalue weighted by molar-refractivity contribution is -0.154. The highest BCUT2D eigenvalue weighted by Crippen LogP contribution is 2.43. The minimum atomic E-state index is -4.30. The highest BCUT2D eigenvalue weighted by molar-refractivity contribution is 7.47. The molecule has 0 amide bonds. The van der Waals surface area contributed by atoms with E-state index in [4.69, 9.17) is 24.3 Å². The Morgan fingerprint density at radius 1 is 0.470 bits per heavy atom. The Balaban J connectivity index is 3.95. The SMILES string of the molecule is CC/C=C\C/C=C\C/C=C\C/C=C\C/C=C\CCCCCCCC(=O)OC(COCCCCCCCCCCCCCCCC/C=C\C/C=C\CCCCCCC)COP(=O)(O)OCCN. The van der Waals surface area contributed by atoms with Gasteiger partial charge in [0, 0.05) is 19.6 Å². The van der Waals surface area contributed by atoms with Gasteiger partial charge in [-0.05, 0) is 89.9 Å². The first-order chi connectivity index (χ1) is 32.4. The molecule has 0 fully saturated rings. The van der Waals surface area contributed by atoms with Crippen LogP contribution in [0.2, 0.25) is 0 Å². The van der Waals surface area contributed by atoms with E-state index in [1.165, 1.54) is 122 Å². The summed E-state index contributed by atoms with van der Waals surface area (Å²) in [6.45, 7) is 4.78. The molecule has 0 aromatic rings. The number of ether oxygens (including phenoxy) is 2. The van der Waals surface area contributed by atoms with Crippen molar-refractivity contribution in [1.29, 1.82) is 0 Å². The second kappa shape index (κ2) is 53.6. The molecular weight excluding hydrogens is 842 g/mol. The van der Waals surface area contributed by atoms with Gasteiger partial charge in [0.2, 0.25) is 0 Å². The van der Waals surface area contributed by atoms with Crippen LogP contribution in [-0.4, -0.2) is 49.9 Å². The van der Waals surface area contributed by atoms with E-state index in [0.717, 1.165) is 89.9 Å². The molecule has 0 saturated carbocycles. The van der Waals surface area contributed by atoms with Crippen LogP contribution in [-0.2, 0) is 27.9 Å². The van der Waals surface area contributed by atoms with Gasteiger partial charge in [-0.2, -0.15) is 0 Å². The third-order valence-electron chi connectivity index (χ3n) is 11.3. The van der Waals surface area contributed by atoms with E-state index in [2.05, 4.69) is 98.9 Å². The molecule has 0 saturated heterocycles. The number of rotatable bonds is 51. The summed E-state index contributed by atoms with van der Waals surface area (Å²) in [4.78, 5) is 22.6. The summed E-state index contributed by atoms with van der Waals surface area (Å²) in [6, 6.07) is 0. The van der Waals surface area contributed by atoms with Crippen LogP contribution in [0.4, 0.5) is 0 Å². The molecule has 0 aliphatic heterocycles. The van der Waals surface area contributed by atoms with Crippen molar-refractivity contribution in [3.05, 3.63) is 85.1 Å². The van der Waals surface area contributed by atoms with Gasteiger partial charge in [-0.25, -0.2) is 4.57 Å². The van der Waals surface area contributed by atoms with Crippen LogP contribution in [0.15, 0.2) is 85.1 Å². The zero-order valence-corrected chi connectivity index (χ0v) is 43.6. The van der Waals surface area contributed by atoms with Crippen molar-refractivity contribution in [3.8, 4) is 0 Å². The zero-order chi connectivity index (χ0) is 48.0. The smallest absolute Gasteiger partial charge is 0.457 e. The first kappa shape index (κ1) is 63.7. The van der Waals surface area contributed by atoms with Crippen molar-refractivity contribution < 1.29 is 32.8 Å². The lowest BCUT2D eigenvalue weighted by atomic mass is 10.0. The molecule has 2 atom stereocenters. The number of esters is 1. The summed E-state index contributed by atoms with van der Waals surface area (Å²) >= 11 is 0. The average molecular weight is 944 g/mol. The van der Waals surface area contributed by atoms with Gasteiger partial charge in [0.1, 0.15) is 6.10 Å². The molecule has 0 aliphatic rings. The highest BCUT2D eigenvalue weighted by atomic mass is 31.2. The minimum Gasteiger partial charge on any atom is -0.457 e. The van der Waals surface area contributed by atoms with E-state index >= 15 is 0 Å². The monoisotopic (exact) mass is 944 g/mol. The Kier molecular flexibility index (Phi) is 51.7. The van der Waals surface area contributed by atoms with Gasteiger partial charge in [-0.15, -0.1) is 0 Å². The molecule has 0 aromatic carbocycles. The molecule has 0 spiro atoms. The molecule has 3 N–H and O–H groups in total. The fraction of sp³-hybridized carbons (Fsp3) is 0.737. The predicted molar refractivity (Wildman–Crippen MR) is 284 cm³/mol. The highest BCUT2D eigenvalue weighted by Gasteiger charge is 2.25. The number of carbonyl (C=O) groups is 1. The Morgan fingerprint density at radius 2 is 0.848 bits per heavy atom. The summed E-state index contributed by atoms with van der Waals surface area (Å²) in [5.74, 6) is -0.349. The number of phosphoric ester groups is 1. The molecule has 382 valence electrons. The molecular formula is C57H102NO7P.